The fourth-order valence-electron chi connectivity index (χ4n) is 3.48. The molecule has 0 saturated heterocycles. The zero-order valence-corrected chi connectivity index (χ0v) is 17.3. The van der Waals surface area contributed by atoms with Gasteiger partial charge in [0.05, 0.1) is 0 Å². The van der Waals surface area contributed by atoms with Crippen LogP contribution in [0.1, 0.15) is 89.4 Å². The molecular weight excluding hydrogens is 322 g/mol. The maximum Gasteiger partial charge on any atom is 0.253 e. The van der Waals surface area contributed by atoms with E-state index in [2.05, 4.69) is 32.6 Å². The summed E-state index contributed by atoms with van der Waals surface area (Å²) < 4.78 is 0. The van der Waals surface area contributed by atoms with Crippen molar-refractivity contribution < 1.29 is 9.90 Å². The first-order chi connectivity index (χ1) is 12.5. The molecule has 0 aliphatic carbocycles. The zero-order chi connectivity index (χ0) is 19.4. The van der Waals surface area contributed by atoms with Crippen molar-refractivity contribution in [3.05, 3.63) is 29.8 Å². The molecule has 0 saturated carbocycles. The first-order valence-corrected chi connectivity index (χ1v) is 10.6. The van der Waals surface area contributed by atoms with Gasteiger partial charge in [-0.15, -0.1) is 0 Å². The van der Waals surface area contributed by atoms with Gasteiger partial charge in [-0.25, -0.2) is 0 Å². The number of nitrogens with zero attached hydrogens (tertiary/aromatic N) is 1. The van der Waals surface area contributed by atoms with E-state index in [-0.39, 0.29) is 11.7 Å². The van der Waals surface area contributed by atoms with Crippen LogP contribution >= 0.6 is 0 Å². The second-order valence-electron chi connectivity index (χ2n) is 7.59. The lowest BCUT2D eigenvalue weighted by atomic mass is 9.95. The van der Waals surface area contributed by atoms with Gasteiger partial charge < -0.3 is 10.0 Å². The lowest BCUT2D eigenvalue weighted by Gasteiger charge is -2.31. The Balaban J connectivity index is 2.91. The van der Waals surface area contributed by atoms with E-state index < -0.39 is 0 Å². The topological polar surface area (TPSA) is 40.5 Å². The average Bonchev–Trinajstić information content (AvgIpc) is 2.66. The first-order valence-electron chi connectivity index (χ1n) is 10.6. The summed E-state index contributed by atoms with van der Waals surface area (Å²) in [5.74, 6) is 1.45. The molecule has 1 aromatic carbocycles. The summed E-state index contributed by atoms with van der Waals surface area (Å²) in [7, 11) is 0. The van der Waals surface area contributed by atoms with E-state index in [1.54, 1.807) is 24.3 Å². The SMILES string of the molecule is CCCCC(CC)CN(CC(CC)CCCC)C(=O)c1ccc(O)cc1. The summed E-state index contributed by atoms with van der Waals surface area (Å²) in [5, 5.41) is 9.51. The Labute approximate surface area is 160 Å². The van der Waals surface area contributed by atoms with Gasteiger partial charge in [-0.05, 0) is 48.9 Å². The summed E-state index contributed by atoms with van der Waals surface area (Å²) in [4.78, 5) is 15.2. The van der Waals surface area contributed by atoms with Gasteiger partial charge in [0.25, 0.3) is 5.91 Å². The standard InChI is InChI=1S/C23H39NO2/c1-5-9-11-19(7-3)17-24(18-20(8-4)12-10-6-2)23(26)21-13-15-22(25)16-14-21/h13-16,19-20,25H,5-12,17-18H2,1-4H3. The van der Waals surface area contributed by atoms with Crippen molar-refractivity contribution in [2.45, 2.75) is 79.1 Å². The molecule has 2 unspecified atom stereocenters. The highest BCUT2D eigenvalue weighted by Crippen LogP contribution is 2.21. The Morgan fingerprint density at radius 2 is 1.35 bits per heavy atom. The molecule has 1 amide bonds. The van der Waals surface area contributed by atoms with Crippen LogP contribution in [-0.2, 0) is 0 Å². The minimum Gasteiger partial charge on any atom is -0.508 e. The minimum atomic E-state index is 0.106. The summed E-state index contributed by atoms with van der Waals surface area (Å²) in [6.07, 6.45) is 9.49. The predicted molar refractivity (Wildman–Crippen MR) is 111 cm³/mol. The van der Waals surface area contributed by atoms with E-state index in [0.29, 0.717) is 17.4 Å². The van der Waals surface area contributed by atoms with Crippen molar-refractivity contribution in [3.63, 3.8) is 0 Å². The number of carbonyl (C=O) groups excluding carboxylic acids is 1. The Bertz CT molecular complexity index is 479. The fraction of sp³-hybridized carbons (Fsp3) is 0.696. The minimum absolute atomic E-state index is 0.106. The Kier molecular flexibility index (Phi) is 11.1. The molecule has 0 spiro atoms. The monoisotopic (exact) mass is 361 g/mol. The van der Waals surface area contributed by atoms with Gasteiger partial charge in [-0.3, -0.25) is 4.79 Å². The second kappa shape index (κ2) is 12.8. The maximum absolute atomic E-state index is 13.2. The predicted octanol–water partition coefficient (Wildman–Crippen LogP) is 6.27. The highest BCUT2D eigenvalue weighted by molar-refractivity contribution is 5.94. The maximum atomic E-state index is 13.2. The highest BCUT2D eigenvalue weighted by Gasteiger charge is 2.22. The highest BCUT2D eigenvalue weighted by atomic mass is 16.3. The molecule has 3 heteroatoms. The van der Waals surface area contributed by atoms with Gasteiger partial charge in [0.15, 0.2) is 0 Å². The molecular formula is C23H39NO2. The van der Waals surface area contributed by atoms with Crippen LogP contribution in [0.15, 0.2) is 24.3 Å². The van der Waals surface area contributed by atoms with Crippen LogP contribution < -0.4 is 0 Å². The van der Waals surface area contributed by atoms with Crippen molar-refractivity contribution in [3.8, 4) is 5.75 Å². The van der Waals surface area contributed by atoms with Crippen LogP contribution in [0.2, 0.25) is 0 Å². The van der Waals surface area contributed by atoms with Crippen molar-refractivity contribution in [2.24, 2.45) is 11.8 Å². The van der Waals surface area contributed by atoms with Crippen LogP contribution in [0, 0.1) is 11.8 Å². The van der Waals surface area contributed by atoms with Crippen LogP contribution in [-0.4, -0.2) is 29.0 Å². The number of carbonyl (C=O) groups is 1. The van der Waals surface area contributed by atoms with E-state index in [0.717, 1.165) is 25.9 Å². The molecule has 0 heterocycles. The molecule has 0 aliphatic rings. The average molecular weight is 362 g/mol. The number of phenolic OH excluding ortho intramolecular Hbond substituents is 1. The summed E-state index contributed by atoms with van der Waals surface area (Å²) in [6.45, 7) is 10.6. The number of hydrogen-bond acceptors (Lipinski definition) is 2. The number of rotatable bonds is 13. The van der Waals surface area contributed by atoms with E-state index in [9.17, 15) is 9.90 Å². The number of phenols is 1. The van der Waals surface area contributed by atoms with Crippen LogP contribution in [0.5, 0.6) is 5.75 Å². The van der Waals surface area contributed by atoms with Gasteiger partial charge in [0.2, 0.25) is 0 Å². The van der Waals surface area contributed by atoms with E-state index >= 15 is 0 Å². The molecule has 1 aromatic rings. The Morgan fingerprint density at radius 1 is 0.885 bits per heavy atom. The van der Waals surface area contributed by atoms with Crippen LogP contribution in [0.4, 0.5) is 0 Å². The molecule has 0 aromatic heterocycles. The Hall–Kier alpha value is -1.51. The number of unbranched alkanes of at least 4 members (excludes halogenated alkanes) is 2. The van der Waals surface area contributed by atoms with E-state index in [1.165, 1.54) is 38.5 Å². The largest absolute Gasteiger partial charge is 0.508 e. The molecule has 3 nitrogen and oxygen atoms in total. The summed E-state index contributed by atoms with van der Waals surface area (Å²) in [5.41, 5.74) is 0.679. The summed E-state index contributed by atoms with van der Waals surface area (Å²) in [6, 6.07) is 6.69. The summed E-state index contributed by atoms with van der Waals surface area (Å²) >= 11 is 0. The molecule has 1 rings (SSSR count). The van der Waals surface area contributed by atoms with Gasteiger partial charge in [-0.2, -0.15) is 0 Å². The lowest BCUT2D eigenvalue weighted by molar-refractivity contribution is 0.0685. The number of hydrogen-bond donors (Lipinski definition) is 1. The smallest absolute Gasteiger partial charge is 0.253 e. The van der Waals surface area contributed by atoms with Gasteiger partial charge in [0, 0.05) is 18.7 Å². The second-order valence-corrected chi connectivity index (χ2v) is 7.59. The molecule has 0 bridgehead atoms. The lowest BCUT2D eigenvalue weighted by Crippen LogP contribution is -2.39. The quantitative estimate of drug-likeness (QED) is 0.450. The van der Waals surface area contributed by atoms with Crippen LogP contribution in [0.25, 0.3) is 0 Å². The molecule has 1 N–H and O–H groups in total. The van der Waals surface area contributed by atoms with E-state index in [1.807, 2.05) is 0 Å². The van der Waals surface area contributed by atoms with Crippen molar-refractivity contribution >= 4 is 5.91 Å². The molecule has 148 valence electrons. The van der Waals surface area contributed by atoms with Crippen molar-refractivity contribution in [1.82, 2.24) is 4.90 Å². The van der Waals surface area contributed by atoms with Crippen molar-refractivity contribution in [1.29, 1.82) is 0 Å². The Morgan fingerprint density at radius 3 is 1.73 bits per heavy atom. The van der Waals surface area contributed by atoms with Gasteiger partial charge in [0.1, 0.15) is 5.75 Å². The van der Waals surface area contributed by atoms with Gasteiger partial charge >= 0.3 is 0 Å². The molecule has 0 fully saturated rings. The number of aromatic hydroxyl groups is 1. The van der Waals surface area contributed by atoms with Crippen LogP contribution in [0.3, 0.4) is 0 Å². The zero-order valence-electron chi connectivity index (χ0n) is 17.3. The molecule has 26 heavy (non-hydrogen) atoms. The van der Waals surface area contributed by atoms with E-state index in [4.69, 9.17) is 0 Å². The number of benzene rings is 1. The molecule has 0 aliphatic heterocycles. The normalized spacial score (nSPS) is 13.4. The molecule has 0 radical (unpaired) electrons. The van der Waals surface area contributed by atoms with Crippen molar-refractivity contribution in [2.75, 3.05) is 13.1 Å². The first kappa shape index (κ1) is 22.5. The number of amides is 1. The fourth-order valence-corrected chi connectivity index (χ4v) is 3.48. The third-order valence-corrected chi connectivity index (χ3v) is 5.45. The third-order valence-electron chi connectivity index (χ3n) is 5.45. The third kappa shape index (κ3) is 7.80. The molecule has 2 atom stereocenters. The van der Waals surface area contributed by atoms with Gasteiger partial charge in [-0.1, -0.05) is 66.2 Å².